The number of nitrogens with zero attached hydrogens (tertiary/aromatic N) is 1. The van der Waals surface area contributed by atoms with Crippen molar-refractivity contribution in [3.05, 3.63) is 83.4 Å². The number of carbonyl (C=O) groups is 2. The number of carboxylic acid groups (broad SMARTS) is 1. The lowest BCUT2D eigenvalue weighted by Crippen LogP contribution is -2.31. The van der Waals surface area contributed by atoms with Gasteiger partial charge in [-0.15, -0.1) is 0 Å². The van der Waals surface area contributed by atoms with Crippen LogP contribution < -0.4 is 5.32 Å². The van der Waals surface area contributed by atoms with Crippen molar-refractivity contribution in [1.29, 1.82) is 0 Å². The summed E-state index contributed by atoms with van der Waals surface area (Å²) >= 11 is 0. The molecular formula is C27H30N2O3. The molecule has 0 aromatic heterocycles. The van der Waals surface area contributed by atoms with Gasteiger partial charge in [0.25, 0.3) is 5.91 Å². The van der Waals surface area contributed by atoms with Crippen molar-refractivity contribution in [3.8, 4) is 0 Å². The zero-order valence-corrected chi connectivity index (χ0v) is 18.6. The van der Waals surface area contributed by atoms with E-state index in [2.05, 4.69) is 54.7 Å². The molecule has 1 fully saturated rings. The molecule has 4 rings (SSSR count). The van der Waals surface area contributed by atoms with Gasteiger partial charge in [0.2, 0.25) is 0 Å². The molecule has 0 heterocycles. The van der Waals surface area contributed by atoms with E-state index in [4.69, 9.17) is 5.11 Å². The lowest BCUT2D eigenvalue weighted by atomic mass is 9.95. The first-order chi connectivity index (χ1) is 15.4. The van der Waals surface area contributed by atoms with Crippen LogP contribution in [0.4, 0.5) is 0 Å². The Labute approximate surface area is 189 Å². The highest BCUT2D eigenvalue weighted by Crippen LogP contribution is 2.36. The Morgan fingerprint density at radius 2 is 1.75 bits per heavy atom. The molecule has 0 saturated heterocycles. The molecule has 32 heavy (non-hydrogen) atoms. The maximum Gasteiger partial charge on any atom is 0.323 e. The van der Waals surface area contributed by atoms with E-state index in [1.165, 1.54) is 33.8 Å². The highest BCUT2D eigenvalue weighted by Gasteiger charge is 2.27. The zero-order valence-electron chi connectivity index (χ0n) is 18.6. The topological polar surface area (TPSA) is 69.6 Å². The van der Waals surface area contributed by atoms with E-state index in [1.54, 1.807) is 0 Å². The van der Waals surface area contributed by atoms with E-state index < -0.39 is 5.97 Å². The summed E-state index contributed by atoms with van der Waals surface area (Å²) in [6.07, 6.45) is 3.31. The molecule has 5 heteroatoms. The van der Waals surface area contributed by atoms with Crippen molar-refractivity contribution in [2.24, 2.45) is 0 Å². The number of rotatable bonds is 7. The fourth-order valence-corrected chi connectivity index (χ4v) is 4.90. The van der Waals surface area contributed by atoms with Gasteiger partial charge in [-0.25, -0.2) is 0 Å². The molecular weight excluding hydrogens is 400 g/mol. The number of benzene rings is 3. The Hall–Kier alpha value is -3.18. The standard InChI is InChI=1S/C27H30N2O3/c1-18(24-9-5-7-20-6-3-4-8-25(20)24)28-23-15-14-22(16-23)19-10-12-21(13-11-19)27(32)29(2)17-26(30)31/h3-13,18,22-23,28H,14-17H2,1-2H3,(H,30,31)/t18-,22-,23+/m1/s1. The second kappa shape index (κ2) is 9.53. The van der Waals surface area contributed by atoms with E-state index in [9.17, 15) is 9.59 Å². The van der Waals surface area contributed by atoms with Crippen molar-refractivity contribution < 1.29 is 14.7 Å². The number of amides is 1. The van der Waals surface area contributed by atoms with Gasteiger partial charge in [0.05, 0.1) is 0 Å². The summed E-state index contributed by atoms with van der Waals surface area (Å²) in [6.45, 7) is 1.94. The maximum absolute atomic E-state index is 12.4. The largest absolute Gasteiger partial charge is 0.480 e. The van der Waals surface area contributed by atoms with Crippen molar-refractivity contribution >= 4 is 22.6 Å². The molecule has 1 amide bonds. The molecule has 0 aliphatic heterocycles. The minimum atomic E-state index is -1.01. The van der Waals surface area contributed by atoms with Crippen LogP contribution in [0.15, 0.2) is 66.7 Å². The Bertz CT molecular complexity index is 1100. The molecule has 0 unspecified atom stereocenters. The molecule has 3 aromatic carbocycles. The first-order valence-electron chi connectivity index (χ1n) is 11.2. The molecule has 2 N–H and O–H groups in total. The van der Waals surface area contributed by atoms with Crippen LogP contribution in [0.25, 0.3) is 10.8 Å². The average molecular weight is 431 g/mol. The predicted octanol–water partition coefficient (Wildman–Crippen LogP) is 4.98. The van der Waals surface area contributed by atoms with Crippen LogP contribution in [0.2, 0.25) is 0 Å². The first kappa shape index (κ1) is 22.0. The minimum absolute atomic E-state index is 0.270. The molecule has 1 aliphatic rings. The fourth-order valence-electron chi connectivity index (χ4n) is 4.90. The van der Waals surface area contributed by atoms with Gasteiger partial charge in [-0.05, 0) is 66.1 Å². The maximum atomic E-state index is 12.4. The Kier molecular flexibility index (Phi) is 6.56. The molecule has 1 aliphatic carbocycles. The highest BCUT2D eigenvalue weighted by atomic mass is 16.4. The summed E-state index contributed by atoms with van der Waals surface area (Å²) in [6, 6.07) is 23.4. The van der Waals surface area contributed by atoms with E-state index in [0.717, 1.165) is 19.3 Å². The molecule has 166 valence electrons. The monoisotopic (exact) mass is 430 g/mol. The van der Waals surface area contributed by atoms with Gasteiger partial charge in [0.15, 0.2) is 0 Å². The Morgan fingerprint density at radius 1 is 1.03 bits per heavy atom. The van der Waals surface area contributed by atoms with Gasteiger partial charge in [-0.1, -0.05) is 54.6 Å². The third kappa shape index (κ3) is 4.83. The predicted molar refractivity (Wildman–Crippen MR) is 127 cm³/mol. The summed E-state index contributed by atoms with van der Waals surface area (Å²) in [5, 5.41) is 15.3. The lowest BCUT2D eigenvalue weighted by molar-refractivity contribution is -0.137. The normalized spacial score (nSPS) is 19.1. The number of nitrogens with one attached hydrogen (secondary N) is 1. The Morgan fingerprint density at radius 3 is 2.50 bits per heavy atom. The second-order valence-electron chi connectivity index (χ2n) is 8.84. The third-order valence-electron chi connectivity index (χ3n) is 6.56. The van der Waals surface area contributed by atoms with E-state index >= 15 is 0 Å². The number of likely N-dealkylation sites (N-methyl/N-ethyl adjacent to an activating group) is 1. The zero-order chi connectivity index (χ0) is 22.7. The lowest BCUT2D eigenvalue weighted by Gasteiger charge is -2.22. The summed E-state index contributed by atoms with van der Waals surface area (Å²) in [5.41, 5.74) is 3.10. The van der Waals surface area contributed by atoms with Crippen LogP contribution in [-0.2, 0) is 4.79 Å². The van der Waals surface area contributed by atoms with Crippen LogP contribution in [-0.4, -0.2) is 41.5 Å². The van der Waals surface area contributed by atoms with Crippen LogP contribution in [0.5, 0.6) is 0 Å². The van der Waals surface area contributed by atoms with Crippen LogP contribution in [0.3, 0.4) is 0 Å². The van der Waals surface area contributed by atoms with Gasteiger partial charge in [-0.2, -0.15) is 0 Å². The molecule has 0 bridgehead atoms. The van der Waals surface area contributed by atoms with Crippen molar-refractivity contribution in [1.82, 2.24) is 10.2 Å². The molecule has 0 spiro atoms. The highest BCUT2D eigenvalue weighted by molar-refractivity contribution is 5.95. The molecule has 1 saturated carbocycles. The third-order valence-corrected chi connectivity index (χ3v) is 6.56. The summed E-state index contributed by atoms with van der Waals surface area (Å²) in [7, 11) is 1.51. The quantitative estimate of drug-likeness (QED) is 0.554. The number of hydrogen-bond acceptors (Lipinski definition) is 3. The SMILES string of the molecule is C[C@@H](N[C@H]1CC[C@@H](c2ccc(C(=O)N(C)CC(=O)O)cc2)C1)c1cccc2ccccc12. The summed E-state index contributed by atoms with van der Waals surface area (Å²) < 4.78 is 0. The summed E-state index contributed by atoms with van der Waals surface area (Å²) in [5.74, 6) is -0.818. The van der Waals surface area contributed by atoms with Gasteiger partial charge in [-0.3, -0.25) is 9.59 Å². The van der Waals surface area contributed by atoms with Gasteiger partial charge >= 0.3 is 5.97 Å². The molecule has 3 atom stereocenters. The number of carboxylic acids is 1. The summed E-state index contributed by atoms with van der Waals surface area (Å²) in [4.78, 5) is 24.4. The smallest absolute Gasteiger partial charge is 0.323 e. The molecule has 5 nitrogen and oxygen atoms in total. The van der Waals surface area contributed by atoms with Crippen molar-refractivity contribution in [3.63, 3.8) is 0 Å². The second-order valence-corrected chi connectivity index (χ2v) is 8.84. The van der Waals surface area contributed by atoms with E-state index in [0.29, 0.717) is 17.5 Å². The number of aliphatic carboxylic acids is 1. The van der Waals surface area contributed by atoms with Gasteiger partial charge < -0.3 is 15.3 Å². The van der Waals surface area contributed by atoms with E-state index in [1.807, 2.05) is 24.3 Å². The fraction of sp³-hybridized carbons (Fsp3) is 0.333. The van der Waals surface area contributed by atoms with Crippen LogP contribution in [0.1, 0.15) is 59.6 Å². The Balaban J connectivity index is 1.38. The van der Waals surface area contributed by atoms with E-state index in [-0.39, 0.29) is 18.5 Å². The van der Waals surface area contributed by atoms with Crippen LogP contribution in [0, 0.1) is 0 Å². The number of carbonyl (C=O) groups excluding carboxylic acids is 1. The minimum Gasteiger partial charge on any atom is -0.480 e. The van der Waals surface area contributed by atoms with Crippen molar-refractivity contribution in [2.45, 2.75) is 44.2 Å². The average Bonchev–Trinajstić information content (AvgIpc) is 3.26. The number of fused-ring (bicyclic) bond motifs is 1. The first-order valence-corrected chi connectivity index (χ1v) is 11.2. The van der Waals surface area contributed by atoms with Crippen molar-refractivity contribution in [2.75, 3.05) is 13.6 Å². The molecule has 3 aromatic rings. The van der Waals surface area contributed by atoms with Gasteiger partial charge in [0, 0.05) is 24.7 Å². The molecule has 0 radical (unpaired) electrons. The number of hydrogen-bond donors (Lipinski definition) is 2. The van der Waals surface area contributed by atoms with Crippen LogP contribution >= 0.6 is 0 Å². The van der Waals surface area contributed by atoms with Gasteiger partial charge in [0.1, 0.15) is 6.54 Å².